The molecule has 8 heteroatoms. The van der Waals surface area contributed by atoms with Crippen molar-refractivity contribution in [2.45, 2.75) is 45.6 Å². The third kappa shape index (κ3) is 5.31. The summed E-state index contributed by atoms with van der Waals surface area (Å²) in [6.45, 7) is 5.37. The highest BCUT2D eigenvalue weighted by Gasteiger charge is 2.17. The highest BCUT2D eigenvalue weighted by Crippen LogP contribution is 2.21. The van der Waals surface area contributed by atoms with Gasteiger partial charge in [0.05, 0.1) is 16.6 Å². The summed E-state index contributed by atoms with van der Waals surface area (Å²) < 4.78 is 0. The zero-order valence-electron chi connectivity index (χ0n) is 17.2. The summed E-state index contributed by atoms with van der Waals surface area (Å²) in [5, 5.41) is 6.15. The highest BCUT2D eigenvalue weighted by molar-refractivity contribution is 7.13. The first-order valence-electron chi connectivity index (χ1n) is 10.5. The maximum Gasteiger partial charge on any atom is 0.258 e. The lowest BCUT2D eigenvalue weighted by molar-refractivity contribution is -0.116. The minimum atomic E-state index is -0.140. The Kier molecular flexibility index (Phi) is 6.54. The van der Waals surface area contributed by atoms with Crippen LogP contribution in [0.5, 0.6) is 0 Å². The van der Waals surface area contributed by atoms with Gasteiger partial charge in [0.1, 0.15) is 5.82 Å². The normalized spacial score (nSPS) is 17.3. The zero-order valence-corrected chi connectivity index (χ0v) is 18.0. The van der Waals surface area contributed by atoms with E-state index in [4.69, 9.17) is 0 Å². The first-order valence-corrected chi connectivity index (χ1v) is 11.4. The summed E-state index contributed by atoms with van der Waals surface area (Å²) >= 11 is 1.47. The van der Waals surface area contributed by atoms with Gasteiger partial charge in [0.15, 0.2) is 5.13 Å². The van der Waals surface area contributed by atoms with E-state index in [0.717, 1.165) is 31.2 Å². The molecule has 1 fully saturated rings. The van der Waals surface area contributed by atoms with E-state index in [1.165, 1.54) is 24.2 Å². The molecule has 1 unspecified atom stereocenters. The molecule has 3 heterocycles. The maximum absolute atomic E-state index is 12.3. The molecule has 1 aromatic carbocycles. The third-order valence-electron chi connectivity index (χ3n) is 5.40. The fourth-order valence-electron chi connectivity index (χ4n) is 3.95. The average molecular weight is 426 g/mol. The zero-order chi connectivity index (χ0) is 20.9. The molecule has 0 bridgehead atoms. The number of hydrogen-bond acceptors (Lipinski definition) is 6. The Bertz CT molecular complexity index is 1080. The second-order valence-corrected chi connectivity index (χ2v) is 8.92. The molecule has 0 saturated carbocycles. The van der Waals surface area contributed by atoms with E-state index < -0.39 is 0 Å². The second-order valence-electron chi connectivity index (χ2n) is 8.06. The van der Waals surface area contributed by atoms with Crippen LogP contribution < -0.4 is 10.9 Å². The Hall–Kier alpha value is -2.58. The monoisotopic (exact) mass is 425 g/mol. The predicted molar refractivity (Wildman–Crippen MR) is 120 cm³/mol. The van der Waals surface area contributed by atoms with Gasteiger partial charge in [-0.1, -0.05) is 19.1 Å². The van der Waals surface area contributed by atoms with Crippen molar-refractivity contribution in [2.75, 3.05) is 18.4 Å². The van der Waals surface area contributed by atoms with E-state index in [0.29, 0.717) is 41.1 Å². The number of fused-ring (bicyclic) bond motifs is 1. The Morgan fingerprint density at radius 1 is 1.33 bits per heavy atom. The molecule has 2 N–H and O–H groups in total. The second kappa shape index (κ2) is 9.49. The number of nitrogens with one attached hydrogen (secondary N) is 2. The van der Waals surface area contributed by atoms with Crippen molar-refractivity contribution in [3.8, 4) is 0 Å². The van der Waals surface area contributed by atoms with Crippen molar-refractivity contribution in [1.29, 1.82) is 0 Å². The molecule has 1 aliphatic heterocycles. The van der Waals surface area contributed by atoms with Gasteiger partial charge in [-0.15, -0.1) is 11.3 Å². The van der Waals surface area contributed by atoms with E-state index in [1.807, 2.05) is 23.6 Å². The number of carbonyl (C=O) groups is 1. The van der Waals surface area contributed by atoms with Crippen molar-refractivity contribution < 1.29 is 4.79 Å². The molecular formula is C22H27N5O2S. The number of amides is 1. The lowest BCUT2D eigenvalue weighted by Crippen LogP contribution is -2.33. The number of piperidine rings is 1. The molecule has 0 spiro atoms. The van der Waals surface area contributed by atoms with Crippen molar-refractivity contribution in [2.24, 2.45) is 5.92 Å². The molecule has 158 valence electrons. The number of H-pyrrole nitrogens is 1. The topological polar surface area (TPSA) is 91.0 Å². The number of anilines is 1. The van der Waals surface area contributed by atoms with Crippen LogP contribution in [0.3, 0.4) is 0 Å². The van der Waals surface area contributed by atoms with E-state index in [1.54, 1.807) is 6.07 Å². The number of aryl methyl sites for hydroxylation is 1. The first kappa shape index (κ1) is 20.7. The van der Waals surface area contributed by atoms with E-state index in [9.17, 15) is 9.59 Å². The van der Waals surface area contributed by atoms with Crippen LogP contribution in [0, 0.1) is 5.92 Å². The lowest BCUT2D eigenvalue weighted by Gasteiger charge is -2.30. The Balaban J connectivity index is 1.25. The highest BCUT2D eigenvalue weighted by atomic mass is 32.1. The van der Waals surface area contributed by atoms with Crippen LogP contribution in [0.15, 0.2) is 34.4 Å². The van der Waals surface area contributed by atoms with Crippen LogP contribution in [-0.2, 0) is 17.8 Å². The maximum atomic E-state index is 12.3. The predicted octanol–water partition coefficient (Wildman–Crippen LogP) is 3.57. The van der Waals surface area contributed by atoms with Crippen molar-refractivity contribution in [1.82, 2.24) is 19.9 Å². The molecule has 0 radical (unpaired) electrons. The van der Waals surface area contributed by atoms with Gasteiger partial charge >= 0.3 is 0 Å². The Morgan fingerprint density at radius 3 is 3.07 bits per heavy atom. The molecule has 2 aromatic heterocycles. The van der Waals surface area contributed by atoms with E-state index in [-0.39, 0.29) is 11.5 Å². The fourth-order valence-corrected chi connectivity index (χ4v) is 4.67. The van der Waals surface area contributed by atoms with Crippen LogP contribution >= 0.6 is 11.3 Å². The molecule has 1 aliphatic rings. The van der Waals surface area contributed by atoms with Crippen LogP contribution in [0.4, 0.5) is 5.13 Å². The van der Waals surface area contributed by atoms with Gasteiger partial charge in [-0.3, -0.25) is 14.5 Å². The number of thiazole rings is 1. The summed E-state index contributed by atoms with van der Waals surface area (Å²) in [6.07, 6.45) is 4.06. The lowest BCUT2D eigenvalue weighted by atomic mass is 10.0. The fraction of sp³-hybridized carbons (Fsp3) is 0.455. The minimum absolute atomic E-state index is 0.0642. The van der Waals surface area contributed by atoms with E-state index >= 15 is 0 Å². The van der Waals surface area contributed by atoms with Gasteiger partial charge in [-0.25, -0.2) is 9.97 Å². The van der Waals surface area contributed by atoms with Crippen molar-refractivity contribution in [3.63, 3.8) is 0 Å². The molecule has 1 amide bonds. The van der Waals surface area contributed by atoms with Crippen LogP contribution in [0.1, 0.15) is 44.1 Å². The number of para-hydroxylation sites is 1. The molecule has 30 heavy (non-hydrogen) atoms. The van der Waals surface area contributed by atoms with Crippen molar-refractivity contribution in [3.05, 3.63) is 51.5 Å². The first-order chi connectivity index (χ1) is 14.6. The SMILES string of the molecule is CC1CCCN(Cc2csc(NC(=O)CCCc3nc4ccccc4c(=O)[nH]3)n2)C1. The van der Waals surface area contributed by atoms with Gasteiger partial charge in [-0.2, -0.15) is 0 Å². The largest absolute Gasteiger partial charge is 0.310 e. The Morgan fingerprint density at radius 2 is 2.20 bits per heavy atom. The molecule has 7 nitrogen and oxygen atoms in total. The quantitative estimate of drug-likeness (QED) is 0.604. The number of aromatic nitrogens is 3. The molecule has 0 aliphatic carbocycles. The summed E-state index contributed by atoms with van der Waals surface area (Å²) in [4.78, 5) is 38.7. The van der Waals surface area contributed by atoms with Crippen LogP contribution in [0.2, 0.25) is 0 Å². The van der Waals surface area contributed by atoms with Gasteiger partial charge < -0.3 is 10.3 Å². The number of aromatic amines is 1. The summed E-state index contributed by atoms with van der Waals surface area (Å²) in [6, 6.07) is 7.26. The number of carbonyl (C=O) groups excluding carboxylic acids is 1. The number of likely N-dealkylation sites (tertiary alicyclic amines) is 1. The van der Waals surface area contributed by atoms with Gasteiger partial charge in [0.25, 0.3) is 5.56 Å². The molecule has 3 aromatic rings. The summed E-state index contributed by atoms with van der Waals surface area (Å²) in [7, 11) is 0. The van der Waals surface area contributed by atoms with Crippen molar-refractivity contribution >= 4 is 33.3 Å². The molecule has 1 atom stereocenters. The number of nitrogens with zero attached hydrogens (tertiary/aromatic N) is 3. The van der Waals surface area contributed by atoms with Crippen LogP contribution in [0.25, 0.3) is 10.9 Å². The number of rotatable bonds is 7. The Labute approximate surface area is 179 Å². The van der Waals surface area contributed by atoms with Gasteiger partial charge in [0, 0.05) is 31.3 Å². The van der Waals surface area contributed by atoms with Crippen LogP contribution in [-0.4, -0.2) is 38.8 Å². The number of benzene rings is 1. The molecular weight excluding hydrogens is 398 g/mol. The summed E-state index contributed by atoms with van der Waals surface area (Å²) in [5.74, 6) is 1.29. The molecule has 4 rings (SSSR count). The van der Waals surface area contributed by atoms with E-state index in [2.05, 4.69) is 32.1 Å². The minimum Gasteiger partial charge on any atom is -0.310 e. The van der Waals surface area contributed by atoms with Gasteiger partial charge in [-0.05, 0) is 43.9 Å². The third-order valence-corrected chi connectivity index (χ3v) is 6.21. The molecule has 1 saturated heterocycles. The number of hydrogen-bond donors (Lipinski definition) is 2. The summed E-state index contributed by atoms with van der Waals surface area (Å²) in [5.41, 5.74) is 1.56. The average Bonchev–Trinajstić information content (AvgIpc) is 3.14. The van der Waals surface area contributed by atoms with Gasteiger partial charge in [0.2, 0.25) is 5.91 Å². The standard InChI is InChI=1S/C22H27N5O2S/c1-15-6-5-11-27(12-15)13-16-14-30-22(23-16)26-20(28)10-4-9-19-24-18-8-3-2-7-17(18)21(29)25-19/h2-3,7-8,14-15H,4-6,9-13H2,1H3,(H,23,26,28)(H,24,25,29). The smallest absolute Gasteiger partial charge is 0.258 e.